The summed E-state index contributed by atoms with van der Waals surface area (Å²) >= 11 is 5.92. The molecule has 0 aliphatic carbocycles. The van der Waals surface area contributed by atoms with Crippen molar-refractivity contribution >= 4 is 11.6 Å². The van der Waals surface area contributed by atoms with Crippen LogP contribution >= 0.6 is 11.6 Å². The summed E-state index contributed by atoms with van der Waals surface area (Å²) in [7, 11) is 4.08. The van der Waals surface area contributed by atoms with Crippen LogP contribution in [0, 0.1) is 5.82 Å². The molecule has 1 aromatic rings. The molecule has 0 radical (unpaired) electrons. The lowest BCUT2D eigenvalue weighted by atomic mass is 10.2. The predicted octanol–water partition coefficient (Wildman–Crippen LogP) is 2.52. The Bertz CT molecular complexity index is 342. The number of likely N-dealkylation sites (N-methyl/N-ethyl adjacent to an activating group) is 1. The van der Waals surface area contributed by atoms with Crippen molar-refractivity contribution in [3.8, 4) is 0 Å². The number of hydrogen-bond acceptors (Lipinski definition) is 2. The van der Waals surface area contributed by atoms with E-state index in [4.69, 9.17) is 11.6 Å². The van der Waals surface area contributed by atoms with E-state index in [-0.39, 0.29) is 5.82 Å². The smallest absolute Gasteiger partial charge is 0.124 e. The van der Waals surface area contributed by atoms with E-state index in [2.05, 4.69) is 17.1 Å². The third kappa shape index (κ3) is 4.08. The van der Waals surface area contributed by atoms with Gasteiger partial charge < -0.3 is 10.2 Å². The van der Waals surface area contributed by atoms with Gasteiger partial charge in [-0.05, 0) is 38.7 Å². The molecule has 0 saturated carbocycles. The number of nitrogens with one attached hydrogen (secondary N) is 1. The first-order chi connectivity index (χ1) is 7.50. The van der Waals surface area contributed by atoms with Crippen LogP contribution in [0.2, 0.25) is 5.02 Å². The van der Waals surface area contributed by atoms with Crippen LogP contribution in [0.25, 0.3) is 0 Å². The largest absolute Gasteiger partial charge is 0.311 e. The summed E-state index contributed by atoms with van der Waals surface area (Å²) in [6.07, 6.45) is 0. The molecule has 0 aliphatic rings. The van der Waals surface area contributed by atoms with E-state index in [1.807, 2.05) is 14.1 Å². The SMILES string of the molecule is CC(CNCc1ccc(F)cc1Cl)N(C)C. The second kappa shape index (κ2) is 6.18. The van der Waals surface area contributed by atoms with Crippen molar-refractivity contribution < 1.29 is 4.39 Å². The molecule has 0 aliphatic heterocycles. The Hall–Kier alpha value is -0.640. The fourth-order valence-corrected chi connectivity index (χ4v) is 1.50. The van der Waals surface area contributed by atoms with Gasteiger partial charge in [0.2, 0.25) is 0 Å². The van der Waals surface area contributed by atoms with Gasteiger partial charge in [-0.3, -0.25) is 0 Å². The summed E-state index contributed by atoms with van der Waals surface area (Å²) < 4.78 is 12.8. The highest BCUT2D eigenvalue weighted by molar-refractivity contribution is 6.31. The molecule has 0 aromatic heterocycles. The Morgan fingerprint density at radius 2 is 2.12 bits per heavy atom. The number of hydrogen-bond donors (Lipinski definition) is 1. The standard InChI is InChI=1S/C12H18ClFN2/c1-9(16(2)3)7-15-8-10-4-5-11(14)6-12(10)13/h4-6,9,15H,7-8H2,1-3H3. The van der Waals surface area contributed by atoms with Crippen molar-refractivity contribution in [3.05, 3.63) is 34.6 Å². The van der Waals surface area contributed by atoms with Crippen LogP contribution in [0.4, 0.5) is 4.39 Å². The highest BCUT2D eigenvalue weighted by atomic mass is 35.5. The molecular formula is C12H18ClFN2. The molecule has 1 N–H and O–H groups in total. The maximum absolute atomic E-state index is 12.8. The average Bonchev–Trinajstić information content (AvgIpc) is 2.20. The quantitative estimate of drug-likeness (QED) is 0.856. The zero-order valence-electron chi connectivity index (χ0n) is 9.93. The molecule has 0 saturated heterocycles. The maximum Gasteiger partial charge on any atom is 0.124 e. The van der Waals surface area contributed by atoms with Gasteiger partial charge in [-0.1, -0.05) is 17.7 Å². The molecule has 16 heavy (non-hydrogen) atoms. The highest BCUT2D eigenvalue weighted by Gasteiger charge is 2.05. The third-order valence-corrected chi connectivity index (χ3v) is 3.00. The lowest BCUT2D eigenvalue weighted by Crippen LogP contribution is -2.35. The fraction of sp³-hybridized carbons (Fsp3) is 0.500. The van der Waals surface area contributed by atoms with Crippen LogP contribution in [0.3, 0.4) is 0 Å². The second-order valence-electron chi connectivity index (χ2n) is 4.18. The Balaban J connectivity index is 2.43. The summed E-state index contributed by atoms with van der Waals surface area (Å²) in [6, 6.07) is 4.94. The minimum Gasteiger partial charge on any atom is -0.311 e. The van der Waals surface area contributed by atoms with Crippen molar-refractivity contribution in [2.24, 2.45) is 0 Å². The lowest BCUT2D eigenvalue weighted by molar-refractivity contribution is 0.302. The van der Waals surface area contributed by atoms with E-state index in [0.29, 0.717) is 17.6 Å². The van der Waals surface area contributed by atoms with Gasteiger partial charge in [-0.25, -0.2) is 4.39 Å². The van der Waals surface area contributed by atoms with E-state index < -0.39 is 0 Å². The average molecular weight is 245 g/mol. The molecule has 4 heteroatoms. The van der Waals surface area contributed by atoms with E-state index in [0.717, 1.165) is 12.1 Å². The summed E-state index contributed by atoms with van der Waals surface area (Å²) in [6.45, 7) is 3.68. The van der Waals surface area contributed by atoms with Gasteiger partial charge >= 0.3 is 0 Å². The Morgan fingerprint density at radius 3 is 2.69 bits per heavy atom. The summed E-state index contributed by atoms with van der Waals surface area (Å²) in [5, 5.41) is 3.77. The Kier molecular flexibility index (Phi) is 5.19. The number of rotatable bonds is 5. The van der Waals surface area contributed by atoms with Gasteiger partial charge in [0.15, 0.2) is 0 Å². The monoisotopic (exact) mass is 244 g/mol. The van der Waals surface area contributed by atoms with Crippen LogP contribution in [0.15, 0.2) is 18.2 Å². The second-order valence-corrected chi connectivity index (χ2v) is 4.59. The van der Waals surface area contributed by atoms with Gasteiger partial charge in [-0.15, -0.1) is 0 Å². The Labute approximate surface area is 101 Å². The molecule has 0 heterocycles. The van der Waals surface area contributed by atoms with Gasteiger partial charge in [-0.2, -0.15) is 0 Å². The van der Waals surface area contributed by atoms with Crippen LogP contribution in [-0.2, 0) is 6.54 Å². The first kappa shape index (κ1) is 13.4. The van der Waals surface area contributed by atoms with Crippen LogP contribution < -0.4 is 5.32 Å². The van der Waals surface area contributed by atoms with Crippen LogP contribution in [0.1, 0.15) is 12.5 Å². The first-order valence-electron chi connectivity index (χ1n) is 5.31. The van der Waals surface area contributed by atoms with Gasteiger partial charge in [0.25, 0.3) is 0 Å². The molecular weight excluding hydrogens is 227 g/mol. The van der Waals surface area contributed by atoms with E-state index >= 15 is 0 Å². The topological polar surface area (TPSA) is 15.3 Å². The summed E-state index contributed by atoms with van der Waals surface area (Å²) in [4.78, 5) is 2.14. The molecule has 1 aromatic carbocycles. The lowest BCUT2D eigenvalue weighted by Gasteiger charge is -2.20. The molecule has 1 rings (SSSR count). The summed E-state index contributed by atoms with van der Waals surface area (Å²) in [5.41, 5.74) is 0.925. The fourth-order valence-electron chi connectivity index (χ4n) is 1.26. The van der Waals surface area contributed by atoms with Crippen molar-refractivity contribution in [1.29, 1.82) is 0 Å². The third-order valence-electron chi connectivity index (χ3n) is 2.65. The van der Waals surface area contributed by atoms with Crippen molar-refractivity contribution in [2.75, 3.05) is 20.6 Å². The molecule has 1 unspecified atom stereocenters. The first-order valence-corrected chi connectivity index (χ1v) is 5.69. The number of halogens is 2. The van der Waals surface area contributed by atoms with Crippen molar-refractivity contribution in [3.63, 3.8) is 0 Å². The molecule has 2 nitrogen and oxygen atoms in total. The molecule has 0 bridgehead atoms. The molecule has 0 amide bonds. The van der Waals surface area contributed by atoms with Gasteiger partial charge in [0.05, 0.1) is 0 Å². The van der Waals surface area contributed by atoms with Crippen LogP contribution in [-0.4, -0.2) is 31.6 Å². The molecule has 1 atom stereocenters. The van der Waals surface area contributed by atoms with E-state index in [1.54, 1.807) is 6.07 Å². The molecule has 0 fully saturated rings. The highest BCUT2D eigenvalue weighted by Crippen LogP contribution is 2.16. The number of benzene rings is 1. The van der Waals surface area contributed by atoms with Crippen LogP contribution in [0.5, 0.6) is 0 Å². The van der Waals surface area contributed by atoms with Gasteiger partial charge in [0, 0.05) is 24.2 Å². The van der Waals surface area contributed by atoms with E-state index in [9.17, 15) is 4.39 Å². The zero-order chi connectivity index (χ0) is 12.1. The molecule has 90 valence electrons. The Morgan fingerprint density at radius 1 is 1.44 bits per heavy atom. The number of nitrogens with zero attached hydrogens (tertiary/aromatic N) is 1. The maximum atomic E-state index is 12.8. The zero-order valence-corrected chi connectivity index (χ0v) is 10.7. The minimum absolute atomic E-state index is 0.296. The van der Waals surface area contributed by atoms with Crippen molar-refractivity contribution in [1.82, 2.24) is 10.2 Å². The van der Waals surface area contributed by atoms with Crippen molar-refractivity contribution in [2.45, 2.75) is 19.5 Å². The molecule has 0 spiro atoms. The normalized spacial score (nSPS) is 13.1. The van der Waals surface area contributed by atoms with Gasteiger partial charge in [0.1, 0.15) is 5.82 Å². The predicted molar refractivity (Wildman–Crippen MR) is 66.3 cm³/mol. The van der Waals surface area contributed by atoms with E-state index in [1.165, 1.54) is 12.1 Å². The minimum atomic E-state index is -0.296. The summed E-state index contributed by atoms with van der Waals surface area (Å²) in [5.74, 6) is -0.296.